The van der Waals surface area contributed by atoms with E-state index in [9.17, 15) is 14.4 Å². The van der Waals surface area contributed by atoms with Gasteiger partial charge in [-0.1, -0.05) is 18.2 Å². The number of esters is 1. The van der Waals surface area contributed by atoms with Gasteiger partial charge in [0.05, 0.1) is 5.92 Å². The molecule has 0 saturated carbocycles. The molecule has 2 saturated heterocycles. The van der Waals surface area contributed by atoms with Crippen molar-refractivity contribution in [2.45, 2.75) is 39.2 Å². The topological polar surface area (TPSA) is 79.4 Å². The van der Waals surface area contributed by atoms with E-state index >= 15 is 0 Å². The molecule has 8 heteroatoms. The second-order valence-corrected chi connectivity index (χ2v) is 9.05. The van der Waals surface area contributed by atoms with Crippen LogP contribution in [0, 0.1) is 5.92 Å². The molecule has 31 heavy (non-hydrogen) atoms. The van der Waals surface area contributed by atoms with Crippen molar-refractivity contribution in [1.29, 1.82) is 0 Å². The van der Waals surface area contributed by atoms with E-state index in [1.54, 1.807) is 9.80 Å². The molecule has 2 amide bonds. The van der Waals surface area contributed by atoms with Gasteiger partial charge in [0.15, 0.2) is 6.61 Å². The van der Waals surface area contributed by atoms with Gasteiger partial charge in [0.2, 0.25) is 0 Å². The average molecular weight is 432 g/mol. The number of piperazine rings is 1. The molecule has 0 unspecified atom stereocenters. The lowest BCUT2D eigenvalue weighted by molar-refractivity contribution is -0.156. The van der Waals surface area contributed by atoms with Gasteiger partial charge in [-0.25, -0.2) is 4.79 Å². The van der Waals surface area contributed by atoms with Crippen LogP contribution >= 0.6 is 0 Å². The van der Waals surface area contributed by atoms with Crippen molar-refractivity contribution in [3.63, 3.8) is 0 Å². The molecule has 0 aliphatic carbocycles. The summed E-state index contributed by atoms with van der Waals surface area (Å²) in [4.78, 5) is 42.6. The highest BCUT2D eigenvalue weighted by atomic mass is 16.6. The maximum atomic E-state index is 12.5. The lowest BCUT2D eigenvalue weighted by Crippen LogP contribution is -2.50. The number of amides is 2. The minimum absolute atomic E-state index is 0.160. The second-order valence-electron chi connectivity index (χ2n) is 9.05. The Hall–Kier alpha value is -2.77. The minimum Gasteiger partial charge on any atom is -0.455 e. The van der Waals surface area contributed by atoms with E-state index in [2.05, 4.69) is 17.0 Å². The van der Waals surface area contributed by atoms with Crippen LogP contribution in [0.4, 0.5) is 10.5 Å². The Balaban J connectivity index is 1.36. The summed E-state index contributed by atoms with van der Waals surface area (Å²) in [6.45, 7) is 8.89. The molecular weight excluding hydrogens is 398 g/mol. The number of carbonyl (C=O) groups is 3. The third kappa shape index (κ3) is 6.60. The lowest BCUT2D eigenvalue weighted by atomic mass is 9.97. The van der Waals surface area contributed by atoms with E-state index in [1.165, 1.54) is 0 Å². The number of carbonyl (C=O) groups excluding carboxylic acids is 3. The zero-order valence-corrected chi connectivity index (χ0v) is 18.7. The summed E-state index contributed by atoms with van der Waals surface area (Å²) in [5.41, 5.74) is 0.610. The molecule has 0 radical (unpaired) electrons. The molecule has 170 valence electrons. The molecular formula is C23H33N3O5. The normalized spacial score (nSPS) is 18.0. The van der Waals surface area contributed by atoms with Gasteiger partial charge in [-0.05, 0) is 45.7 Å². The van der Waals surface area contributed by atoms with Crippen molar-refractivity contribution in [3.8, 4) is 0 Å². The number of nitrogens with zero attached hydrogens (tertiary/aromatic N) is 3. The summed E-state index contributed by atoms with van der Waals surface area (Å²) in [6.07, 6.45) is 0.675. The van der Waals surface area contributed by atoms with Crippen molar-refractivity contribution in [3.05, 3.63) is 30.3 Å². The molecule has 2 aliphatic heterocycles. The number of anilines is 1. The van der Waals surface area contributed by atoms with Gasteiger partial charge < -0.3 is 24.2 Å². The van der Waals surface area contributed by atoms with E-state index in [0.717, 1.165) is 18.8 Å². The third-order valence-corrected chi connectivity index (χ3v) is 5.57. The quantitative estimate of drug-likeness (QED) is 0.682. The highest BCUT2D eigenvalue weighted by Crippen LogP contribution is 2.21. The van der Waals surface area contributed by atoms with Gasteiger partial charge in [0.25, 0.3) is 5.91 Å². The van der Waals surface area contributed by atoms with Crippen LogP contribution in [0.5, 0.6) is 0 Å². The third-order valence-electron chi connectivity index (χ3n) is 5.57. The van der Waals surface area contributed by atoms with Crippen LogP contribution in [0.2, 0.25) is 0 Å². The van der Waals surface area contributed by atoms with Crippen molar-refractivity contribution < 1.29 is 23.9 Å². The Morgan fingerprint density at radius 2 is 1.52 bits per heavy atom. The van der Waals surface area contributed by atoms with Gasteiger partial charge in [-0.2, -0.15) is 0 Å². The molecule has 0 spiro atoms. The molecule has 0 aromatic heterocycles. The molecule has 3 rings (SSSR count). The summed E-state index contributed by atoms with van der Waals surface area (Å²) >= 11 is 0. The molecule has 2 aliphatic rings. The predicted molar refractivity (Wildman–Crippen MR) is 117 cm³/mol. The van der Waals surface area contributed by atoms with Crippen LogP contribution in [0.25, 0.3) is 0 Å². The molecule has 1 aromatic rings. The SMILES string of the molecule is CC(C)(C)OC(=O)N1CCC(C(=O)OCC(=O)N2CCN(c3ccccc3)CC2)CC1. The molecule has 0 bridgehead atoms. The number of hydrogen-bond acceptors (Lipinski definition) is 6. The Morgan fingerprint density at radius 1 is 0.903 bits per heavy atom. The van der Waals surface area contributed by atoms with Crippen LogP contribution in [-0.4, -0.2) is 79.2 Å². The fourth-order valence-electron chi connectivity index (χ4n) is 3.82. The molecule has 2 heterocycles. The van der Waals surface area contributed by atoms with Crippen molar-refractivity contribution >= 4 is 23.7 Å². The van der Waals surface area contributed by atoms with E-state index in [1.807, 2.05) is 39.0 Å². The first kappa shape index (κ1) is 22.9. The molecule has 8 nitrogen and oxygen atoms in total. The lowest BCUT2D eigenvalue weighted by Gasteiger charge is -2.36. The fraction of sp³-hybridized carbons (Fsp3) is 0.609. The first-order valence-electron chi connectivity index (χ1n) is 11.0. The average Bonchev–Trinajstić information content (AvgIpc) is 2.77. The molecule has 0 N–H and O–H groups in total. The van der Waals surface area contributed by atoms with Crippen LogP contribution in [-0.2, 0) is 19.1 Å². The van der Waals surface area contributed by atoms with Crippen molar-refractivity contribution in [2.75, 3.05) is 50.8 Å². The summed E-state index contributed by atoms with van der Waals surface area (Å²) < 4.78 is 10.7. The number of hydrogen-bond donors (Lipinski definition) is 0. The van der Waals surface area contributed by atoms with Gasteiger partial charge in [-0.3, -0.25) is 9.59 Å². The standard InChI is InChI=1S/C23H33N3O5/c1-23(2,3)31-22(29)26-11-9-18(10-12-26)21(28)30-17-20(27)25-15-13-24(14-16-25)19-7-5-4-6-8-19/h4-8,18H,9-17H2,1-3H3. The number of benzene rings is 1. The molecule has 1 aromatic carbocycles. The minimum atomic E-state index is -0.542. The van der Waals surface area contributed by atoms with Crippen LogP contribution in [0.1, 0.15) is 33.6 Å². The highest BCUT2D eigenvalue weighted by Gasteiger charge is 2.31. The van der Waals surface area contributed by atoms with Gasteiger partial charge >= 0.3 is 12.1 Å². The zero-order chi connectivity index (χ0) is 22.4. The zero-order valence-electron chi connectivity index (χ0n) is 18.7. The largest absolute Gasteiger partial charge is 0.455 e. The number of rotatable bonds is 4. The highest BCUT2D eigenvalue weighted by molar-refractivity contribution is 5.81. The van der Waals surface area contributed by atoms with E-state index in [-0.39, 0.29) is 30.5 Å². The predicted octanol–water partition coefficient (Wildman–Crippen LogP) is 2.53. The first-order chi connectivity index (χ1) is 14.7. The van der Waals surface area contributed by atoms with Crippen LogP contribution in [0.15, 0.2) is 30.3 Å². The van der Waals surface area contributed by atoms with Gasteiger partial charge in [0, 0.05) is 45.0 Å². The summed E-state index contributed by atoms with van der Waals surface area (Å²) in [5, 5.41) is 0. The first-order valence-corrected chi connectivity index (χ1v) is 11.0. The maximum Gasteiger partial charge on any atom is 0.410 e. The van der Waals surface area contributed by atoms with Crippen molar-refractivity contribution in [1.82, 2.24) is 9.80 Å². The summed E-state index contributed by atoms with van der Waals surface area (Å²) in [6, 6.07) is 10.1. The van der Waals surface area contributed by atoms with Gasteiger partial charge in [-0.15, -0.1) is 0 Å². The number of piperidine rings is 1. The second kappa shape index (κ2) is 10.0. The van der Waals surface area contributed by atoms with Crippen LogP contribution in [0.3, 0.4) is 0 Å². The van der Waals surface area contributed by atoms with E-state index in [0.29, 0.717) is 39.0 Å². The Labute approximate surface area is 184 Å². The monoisotopic (exact) mass is 431 g/mol. The van der Waals surface area contributed by atoms with Crippen molar-refractivity contribution in [2.24, 2.45) is 5.92 Å². The molecule has 0 atom stereocenters. The molecule has 2 fully saturated rings. The van der Waals surface area contributed by atoms with E-state index in [4.69, 9.17) is 9.47 Å². The summed E-state index contributed by atoms with van der Waals surface area (Å²) in [5.74, 6) is -0.811. The van der Waals surface area contributed by atoms with Gasteiger partial charge in [0.1, 0.15) is 5.60 Å². The van der Waals surface area contributed by atoms with Crippen LogP contribution < -0.4 is 4.90 Å². The Bertz CT molecular complexity index is 761. The fourth-order valence-corrected chi connectivity index (χ4v) is 3.82. The Morgan fingerprint density at radius 3 is 2.10 bits per heavy atom. The summed E-state index contributed by atoms with van der Waals surface area (Å²) in [7, 11) is 0. The Kier molecular flexibility index (Phi) is 7.41. The smallest absolute Gasteiger partial charge is 0.410 e. The maximum absolute atomic E-state index is 12.5. The number of para-hydroxylation sites is 1. The number of ether oxygens (including phenoxy) is 2. The number of likely N-dealkylation sites (tertiary alicyclic amines) is 1. The van der Waals surface area contributed by atoms with E-state index < -0.39 is 5.60 Å².